The summed E-state index contributed by atoms with van der Waals surface area (Å²) in [5, 5.41) is 57.7. The van der Waals surface area contributed by atoms with Crippen LogP contribution in [-0.2, 0) is 65.6 Å². The molecule has 14 N–H and O–H groups in total. The third-order valence-corrected chi connectivity index (χ3v) is 11.8. The minimum Gasteiger partial charge on any atom is -0.508 e. The molecule has 0 aromatic heterocycles. The Hall–Kier alpha value is -7.63. The van der Waals surface area contributed by atoms with Crippen LogP contribution in [-0.4, -0.2) is 140 Å². The van der Waals surface area contributed by atoms with E-state index in [0.29, 0.717) is 12.0 Å². The number of phenolic OH excluding ortho intramolecular Hbond substituents is 1. The number of carbonyl (C=O) groups excluding carboxylic acids is 8. The number of carbonyl (C=O) groups is 11. The van der Waals surface area contributed by atoms with Crippen LogP contribution in [0, 0.1) is 17.8 Å². The lowest BCUT2D eigenvalue weighted by Crippen LogP contribution is -2.60. The average Bonchev–Trinajstić information content (AvgIpc) is 3.33. The second-order valence-electron chi connectivity index (χ2n) is 18.9. The van der Waals surface area contributed by atoms with Crippen molar-refractivity contribution in [3.05, 3.63) is 65.7 Å². The lowest BCUT2D eigenvalue weighted by Gasteiger charge is -2.29. The predicted octanol–water partition coefficient (Wildman–Crippen LogP) is -0.403. The van der Waals surface area contributed by atoms with Crippen LogP contribution >= 0.6 is 0 Å². The normalized spacial score (nSPS) is 14.7. The lowest BCUT2D eigenvalue weighted by atomic mass is 9.95. The Bertz CT molecular complexity index is 2260. The van der Waals surface area contributed by atoms with Crippen LogP contribution < -0.4 is 48.3 Å². The van der Waals surface area contributed by atoms with Crippen LogP contribution in [0.4, 0.5) is 0 Å². The number of hydrogen-bond acceptors (Lipinski definition) is 13. The van der Waals surface area contributed by atoms with Crippen LogP contribution in [0.5, 0.6) is 5.75 Å². The zero-order valence-corrected chi connectivity index (χ0v) is 42.8. The van der Waals surface area contributed by atoms with Crippen molar-refractivity contribution in [2.45, 2.75) is 148 Å². The van der Waals surface area contributed by atoms with Gasteiger partial charge in [-0.3, -0.25) is 47.9 Å². The first-order valence-corrected chi connectivity index (χ1v) is 24.4. The Kier molecular flexibility index (Phi) is 26.2. The molecule has 0 saturated heterocycles. The summed E-state index contributed by atoms with van der Waals surface area (Å²) in [6.45, 7) is 10.6. The third-order valence-electron chi connectivity index (χ3n) is 11.8. The van der Waals surface area contributed by atoms with E-state index < -0.39 is 158 Å². The molecule has 2 aromatic carbocycles. The Morgan fingerprint density at radius 3 is 1.55 bits per heavy atom. The van der Waals surface area contributed by atoms with E-state index >= 15 is 0 Å². The predicted molar refractivity (Wildman–Crippen MR) is 267 cm³/mol. The quantitative estimate of drug-likeness (QED) is 0.0443. The highest BCUT2D eigenvalue weighted by Crippen LogP contribution is 2.15. The Morgan fingerprint density at radius 2 is 1.03 bits per heavy atom. The van der Waals surface area contributed by atoms with E-state index in [1.807, 2.05) is 32.0 Å². The molecule has 74 heavy (non-hydrogen) atoms. The molecule has 0 aliphatic heterocycles. The zero-order valence-electron chi connectivity index (χ0n) is 42.8. The first-order valence-electron chi connectivity index (χ1n) is 24.4. The lowest BCUT2D eigenvalue weighted by molar-refractivity contribution is -0.144. The SMILES string of the molecule is CCC(C)C(NC(=O)C(CC(C)C)NC(=O)C(N)Cc1ccccc1)C(=O)NC(Cc1ccc(O)cc1)C(=O)NCC(=O)NC(CCC(=O)O)C(=O)NC(C)C(=O)NC(CCC(=O)O)C(=O)NC(C(=O)O)C(C)C. The number of rotatable bonds is 32. The van der Waals surface area contributed by atoms with Gasteiger partial charge in [-0.25, -0.2) is 4.79 Å². The number of nitrogens with two attached hydrogens (primary N) is 1. The molecule has 0 spiro atoms. The number of aliphatic carboxylic acids is 3. The van der Waals surface area contributed by atoms with Crippen molar-refractivity contribution in [2.24, 2.45) is 23.5 Å². The Morgan fingerprint density at radius 1 is 0.527 bits per heavy atom. The molecule has 0 radical (unpaired) electrons. The summed E-state index contributed by atoms with van der Waals surface area (Å²) in [4.78, 5) is 143. The summed E-state index contributed by atoms with van der Waals surface area (Å²) >= 11 is 0. The Balaban J connectivity index is 2.28. The molecule has 24 nitrogen and oxygen atoms in total. The fraction of sp³-hybridized carbons (Fsp3) is 0.540. The van der Waals surface area contributed by atoms with Crippen LogP contribution in [0.3, 0.4) is 0 Å². The van der Waals surface area contributed by atoms with Crippen molar-refractivity contribution in [3.8, 4) is 5.75 Å². The topological polar surface area (TPSA) is 391 Å². The molecule has 0 heterocycles. The van der Waals surface area contributed by atoms with Gasteiger partial charge < -0.3 is 68.7 Å². The summed E-state index contributed by atoms with van der Waals surface area (Å²) in [7, 11) is 0. The van der Waals surface area contributed by atoms with Gasteiger partial charge >= 0.3 is 17.9 Å². The maximum absolute atomic E-state index is 14.2. The standard InChI is InChI=1S/C50H73N9O15/c1-8-28(6)42(59-48(71)36(22-26(2)3)56-44(67)33(51)23-30-12-10-9-11-13-30)49(72)57-37(24-31-14-16-32(60)17-15-31)45(68)52-25-38(61)54-34(18-20-39(62)63)46(69)53-29(7)43(66)55-35(19-21-40(64)65)47(70)58-41(27(4)5)50(73)74/h9-17,26-29,33-37,41-42,60H,8,18-25,51H2,1-7H3,(H,52,68)(H,53,69)(H,54,61)(H,55,66)(H,56,67)(H,57,72)(H,58,70)(H,59,71)(H,62,63)(H,64,65)(H,73,74). The van der Waals surface area contributed by atoms with Crippen molar-refractivity contribution in [2.75, 3.05) is 6.54 Å². The first kappa shape index (κ1) is 62.5. The molecular weight excluding hydrogens is 967 g/mol. The molecule has 9 unspecified atom stereocenters. The van der Waals surface area contributed by atoms with Gasteiger partial charge in [0.1, 0.15) is 48.0 Å². The number of hydrogen-bond donors (Lipinski definition) is 13. The van der Waals surface area contributed by atoms with E-state index in [1.54, 1.807) is 26.0 Å². The van der Waals surface area contributed by atoms with Crippen LogP contribution in [0.2, 0.25) is 0 Å². The van der Waals surface area contributed by atoms with E-state index in [1.165, 1.54) is 45.0 Å². The van der Waals surface area contributed by atoms with Gasteiger partial charge in [-0.2, -0.15) is 0 Å². The van der Waals surface area contributed by atoms with Crippen LogP contribution in [0.1, 0.15) is 98.1 Å². The highest BCUT2D eigenvalue weighted by molar-refractivity contribution is 5.97. The summed E-state index contributed by atoms with van der Waals surface area (Å²) in [6, 6.07) is 3.97. The van der Waals surface area contributed by atoms with E-state index in [0.717, 1.165) is 5.56 Å². The van der Waals surface area contributed by atoms with E-state index in [-0.39, 0.29) is 30.9 Å². The molecule has 2 aromatic rings. The maximum Gasteiger partial charge on any atom is 0.326 e. The Labute approximate surface area is 429 Å². The molecule has 0 fully saturated rings. The van der Waals surface area contributed by atoms with Gasteiger partial charge in [-0.05, 0) is 73.6 Å². The maximum atomic E-state index is 14.2. The average molecular weight is 1040 g/mol. The van der Waals surface area contributed by atoms with E-state index in [9.17, 15) is 73.2 Å². The van der Waals surface area contributed by atoms with Crippen LogP contribution in [0.25, 0.3) is 0 Å². The molecule has 0 bridgehead atoms. The van der Waals surface area contributed by atoms with E-state index in [4.69, 9.17) is 5.73 Å². The first-order chi connectivity index (χ1) is 34.7. The second kappa shape index (κ2) is 31.1. The number of aromatic hydroxyl groups is 1. The number of benzene rings is 2. The molecule has 0 aliphatic rings. The number of nitrogens with one attached hydrogen (secondary N) is 8. The molecule has 0 aliphatic carbocycles. The monoisotopic (exact) mass is 1040 g/mol. The van der Waals surface area contributed by atoms with Crippen LogP contribution in [0.15, 0.2) is 54.6 Å². The van der Waals surface area contributed by atoms with Gasteiger partial charge in [-0.15, -0.1) is 0 Å². The molecule has 408 valence electrons. The summed E-state index contributed by atoms with van der Waals surface area (Å²) in [6.07, 6.45) is -1.62. The molecule has 2 rings (SSSR count). The van der Waals surface area contributed by atoms with E-state index in [2.05, 4.69) is 42.5 Å². The molecule has 8 amide bonds. The molecule has 0 saturated carbocycles. The zero-order chi connectivity index (χ0) is 55.8. The number of carboxylic acids is 3. The van der Waals surface area contributed by atoms with Gasteiger partial charge in [-0.1, -0.05) is 90.4 Å². The smallest absolute Gasteiger partial charge is 0.326 e. The van der Waals surface area contributed by atoms with Crippen molar-refractivity contribution >= 4 is 65.2 Å². The van der Waals surface area contributed by atoms with Gasteiger partial charge in [0.15, 0.2) is 0 Å². The van der Waals surface area contributed by atoms with Gasteiger partial charge in [0, 0.05) is 19.3 Å². The van der Waals surface area contributed by atoms with Gasteiger partial charge in [0.2, 0.25) is 47.3 Å². The number of amides is 8. The molecular formula is C50H73N9O15. The fourth-order valence-corrected chi connectivity index (χ4v) is 7.29. The number of carboxylic acid groups (broad SMARTS) is 3. The number of phenols is 1. The minimum atomic E-state index is -1.62. The van der Waals surface area contributed by atoms with Crippen molar-refractivity contribution in [1.82, 2.24) is 42.5 Å². The van der Waals surface area contributed by atoms with Crippen molar-refractivity contribution in [3.63, 3.8) is 0 Å². The highest BCUT2D eigenvalue weighted by Gasteiger charge is 2.35. The largest absolute Gasteiger partial charge is 0.508 e. The molecule has 24 heteroatoms. The van der Waals surface area contributed by atoms with Crippen molar-refractivity contribution < 1.29 is 73.2 Å². The summed E-state index contributed by atoms with van der Waals surface area (Å²) in [5.74, 6) is -12.4. The van der Waals surface area contributed by atoms with Crippen molar-refractivity contribution in [1.29, 1.82) is 0 Å². The second-order valence-corrected chi connectivity index (χ2v) is 18.9. The summed E-state index contributed by atoms with van der Waals surface area (Å²) < 4.78 is 0. The molecule has 9 atom stereocenters. The minimum absolute atomic E-state index is 0.0793. The summed E-state index contributed by atoms with van der Waals surface area (Å²) in [5.41, 5.74) is 7.49. The van der Waals surface area contributed by atoms with Gasteiger partial charge in [0.25, 0.3) is 0 Å². The van der Waals surface area contributed by atoms with Gasteiger partial charge in [0.05, 0.1) is 12.6 Å². The highest BCUT2D eigenvalue weighted by atomic mass is 16.4. The fourth-order valence-electron chi connectivity index (χ4n) is 7.29. The third kappa shape index (κ3) is 22.4.